The van der Waals surface area contributed by atoms with Gasteiger partial charge in [0.1, 0.15) is 11.6 Å². The van der Waals surface area contributed by atoms with Gasteiger partial charge in [0.05, 0.1) is 11.9 Å². The van der Waals surface area contributed by atoms with Gasteiger partial charge in [-0.3, -0.25) is 0 Å². The van der Waals surface area contributed by atoms with Crippen LogP contribution in [0.4, 0.5) is 0 Å². The maximum atomic E-state index is 12.4. The molecule has 0 radical (unpaired) electrons. The predicted octanol–water partition coefficient (Wildman–Crippen LogP) is 1.20. The summed E-state index contributed by atoms with van der Waals surface area (Å²) in [7, 11) is -3.33. The van der Waals surface area contributed by atoms with Gasteiger partial charge in [-0.05, 0) is 25.7 Å². The maximum Gasteiger partial charge on any atom is 0.214 e. The van der Waals surface area contributed by atoms with E-state index in [2.05, 4.69) is 33.3 Å². The van der Waals surface area contributed by atoms with Crippen LogP contribution in [-0.4, -0.2) is 47.7 Å². The number of ether oxygens (including phenoxy) is 1. The number of aromatic nitrogens is 3. The number of fused-ring (bicyclic) bond motifs is 1. The van der Waals surface area contributed by atoms with Crippen molar-refractivity contribution < 1.29 is 13.2 Å². The van der Waals surface area contributed by atoms with E-state index in [0.29, 0.717) is 13.2 Å². The summed E-state index contributed by atoms with van der Waals surface area (Å²) in [5, 5.41) is 8.46. The van der Waals surface area contributed by atoms with E-state index in [1.165, 1.54) is 0 Å². The average Bonchev–Trinajstić information content (AvgIpc) is 2.90. The minimum atomic E-state index is -3.33. The van der Waals surface area contributed by atoms with Crippen molar-refractivity contribution in [3.63, 3.8) is 0 Å². The van der Waals surface area contributed by atoms with Gasteiger partial charge in [-0.1, -0.05) is 13.8 Å². The van der Waals surface area contributed by atoms with Crippen molar-refractivity contribution >= 4 is 10.0 Å². The molecule has 7 nitrogen and oxygen atoms in total. The fourth-order valence-electron chi connectivity index (χ4n) is 3.36. The molecule has 0 saturated carbocycles. The van der Waals surface area contributed by atoms with Crippen LogP contribution in [-0.2, 0) is 27.7 Å². The first-order valence-corrected chi connectivity index (χ1v) is 10.1. The van der Waals surface area contributed by atoms with Gasteiger partial charge >= 0.3 is 0 Å². The highest BCUT2D eigenvalue weighted by Gasteiger charge is 2.29. The van der Waals surface area contributed by atoms with Crippen molar-refractivity contribution in [1.29, 1.82) is 0 Å². The van der Waals surface area contributed by atoms with Crippen LogP contribution < -0.4 is 4.72 Å². The summed E-state index contributed by atoms with van der Waals surface area (Å²) in [6.45, 7) is 5.43. The van der Waals surface area contributed by atoms with Gasteiger partial charge < -0.3 is 9.30 Å². The molecule has 0 spiro atoms. The van der Waals surface area contributed by atoms with Crippen molar-refractivity contribution in [3.05, 3.63) is 11.6 Å². The Hall–Kier alpha value is -0.990. The van der Waals surface area contributed by atoms with Crippen molar-refractivity contribution in [2.75, 3.05) is 12.4 Å². The Morgan fingerprint density at radius 3 is 2.83 bits per heavy atom. The lowest BCUT2D eigenvalue weighted by molar-refractivity contribution is 0.0303. The standard InChI is InChI=1S/C15H26N4O3S/c1-11(2)15-17-16-14-7-6-12(9-19(14)15)18-23(20,21)10-13-5-3-4-8-22-13/h11-13,18H,3-10H2,1-2H3/t12-,13+/m1/s1. The SMILES string of the molecule is CC(C)c1nnc2n1C[C@H](NS(=O)(=O)C[C@@H]1CCCCO1)CC2. The molecule has 3 rings (SSSR count). The van der Waals surface area contributed by atoms with E-state index >= 15 is 0 Å². The van der Waals surface area contributed by atoms with Crippen LogP contribution in [0, 0.1) is 0 Å². The Bertz CT molecular complexity index is 635. The second-order valence-corrected chi connectivity index (χ2v) is 8.66. The van der Waals surface area contributed by atoms with Crippen molar-refractivity contribution in [3.8, 4) is 0 Å². The molecule has 0 aliphatic carbocycles. The molecule has 0 bridgehead atoms. The summed E-state index contributed by atoms with van der Waals surface area (Å²) in [4.78, 5) is 0. The third-order valence-electron chi connectivity index (χ3n) is 4.52. The van der Waals surface area contributed by atoms with Gasteiger partial charge in [0.2, 0.25) is 10.0 Å². The van der Waals surface area contributed by atoms with Crippen molar-refractivity contribution in [2.45, 2.75) is 70.6 Å². The molecule has 0 amide bonds. The number of hydrogen-bond donors (Lipinski definition) is 1. The van der Waals surface area contributed by atoms with E-state index in [4.69, 9.17) is 4.74 Å². The summed E-state index contributed by atoms with van der Waals surface area (Å²) in [6, 6.07) is -0.0930. The third-order valence-corrected chi connectivity index (χ3v) is 6.02. The monoisotopic (exact) mass is 342 g/mol. The minimum absolute atomic E-state index is 0.0651. The summed E-state index contributed by atoms with van der Waals surface area (Å²) in [5.41, 5.74) is 0. The van der Waals surface area contributed by atoms with Gasteiger partial charge in [-0.2, -0.15) is 0 Å². The summed E-state index contributed by atoms with van der Waals surface area (Å²) >= 11 is 0. The quantitative estimate of drug-likeness (QED) is 0.869. The first-order chi connectivity index (χ1) is 10.9. The number of nitrogens with one attached hydrogen (secondary N) is 1. The molecule has 130 valence electrons. The molecule has 2 atom stereocenters. The predicted molar refractivity (Wildman–Crippen MR) is 86.7 cm³/mol. The molecule has 2 aliphatic heterocycles. The molecule has 1 aromatic heterocycles. The number of sulfonamides is 1. The number of hydrogen-bond acceptors (Lipinski definition) is 5. The molecule has 2 aliphatic rings. The molecule has 1 aromatic rings. The Balaban J connectivity index is 1.63. The Morgan fingerprint density at radius 1 is 1.30 bits per heavy atom. The van der Waals surface area contributed by atoms with Gasteiger partial charge in [0.25, 0.3) is 0 Å². The van der Waals surface area contributed by atoms with E-state index in [-0.39, 0.29) is 23.8 Å². The fourth-order valence-corrected chi connectivity index (χ4v) is 4.91. The van der Waals surface area contributed by atoms with Crippen LogP contribution in [0.15, 0.2) is 0 Å². The lowest BCUT2D eigenvalue weighted by atomic mass is 10.1. The van der Waals surface area contributed by atoms with E-state index in [1.807, 2.05) is 0 Å². The number of aryl methyl sites for hydroxylation is 1. The second kappa shape index (κ2) is 6.86. The normalized spacial score (nSPS) is 25.5. The highest BCUT2D eigenvalue weighted by molar-refractivity contribution is 7.89. The molecular formula is C15H26N4O3S. The molecule has 0 unspecified atom stereocenters. The highest BCUT2D eigenvalue weighted by atomic mass is 32.2. The summed E-state index contributed by atoms with van der Waals surface area (Å²) in [5.74, 6) is 2.23. The zero-order chi connectivity index (χ0) is 16.4. The molecule has 0 aromatic carbocycles. The van der Waals surface area contributed by atoms with Gasteiger partial charge in [-0.15, -0.1) is 10.2 Å². The van der Waals surface area contributed by atoms with Crippen LogP contribution in [0.3, 0.4) is 0 Å². The van der Waals surface area contributed by atoms with E-state index in [9.17, 15) is 8.42 Å². The van der Waals surface area contributed by atoms with Crippen LogP contribution in [0.5, 0.6) is 0 Å². The van der Waals surface area contributed by atoms with Crippen molar-refractivity contribution in [1.82, 2.24) is 19.5 Å². The molecule has 3 heterocycles. The first-order valence-electron chi connectivity index (χ1n) is 8.48. The number of nitrogens with zero attached hydrogens (tertiary/aromatic N) is 3. The first kappa shape index (κ1) is 16.9. The second-order valence-electron chi connectivity index (χ2n) is 6.86. The van der Waals surface area contributed by atoms with Crippen LogP contribution in [0.25, 0.3) is 0 Å². The molecule has 23 heavy (non-hydrogen) atoms. The highest BCUT2D eigenvalue weighted by Crippen LogP contribution is 2.21. The Labute approximate surface area is 137 Å². The molecule has 1 saturated heterocycles. The smallest absolute Gasteiger partial charge is 0.214 e. The largest absolute Gasteiger partial charge is 0.377 e. The lowest BCUT2D eigenvalue weighted by Gasteiger charge is -2.27. The van der Waals surface area contributed by atoms with Crippen LogP contribution in [0.1, 0.15) is 57.1 Å². The van der Waals surface area contributed by atoms with E-state index in [0.717, 1.165) is 43.8 Å². The Kier molecular flexibility index (Phi) is 5.03. The molecule has 1 fully saturated rings. The van der Waals surface area contributed by atoms with Crippen LogP contribution >= 0.6 is 0 Å². The third kappa shape index (κ3) is 4.10. The fraction of sp³-hybridized carbons (Fsp3) is 0.867. The van der Waals surface area contributed by atoms with Gasteiger partial charge in [-0.25, -0.2) is 13.1 Å². The van der Waals surface area contributed by atoms with E-state index in [1.54, 1.807) is 0 Å². The Morgan fingerprint density at radius 2 is 2.13 bits per heavy atom. The maximum absolute atomic E-state index is 12.4. The average molecular weight is 342 g/mol. The molecule has 8 heteroatoms. The van der Waals surface area contributed by atoms with Crippen molar-refractivity contribution in [2.24, 2.45) is 0 Å². The van der Waals surface area contributed by atoms with Gasteiger partial charge in [0.15, 0.2) is 0 Å². The summed E-state index contributed by atoms with van der Waals surface area (Å²) < 4.78 is 35.3. The molecular weight excluding hydrogens is 316 g/mol. The zero-order valence-electron chi connectivity index (χ0n) is 13.9. The lowest BCUT2D eigenvalue weighted by Crippen LogP contribution is -2.44. The summed E-state index contributed by atoms with van der Waals surface area (Å²) in [6.07, 6.45) is 4.26. The van der Waals surface area contributed by atoms with Gasteiger partial charge in [0, 0.05) is 31.5 Å². The number of rotatable bonds is 5. The molecule has 1 N–H and O–H groups in total. The minimum Gasteiger partial charge on any atom is -0.377 e. The topological polar surface area (TPSA) is 86.1 Å². The van der Waals surface area contributed by atoms with Crippen LogP contribution in [0.2, 0.25) is 0 Å². The van der Waals surface area contributed by atoms with E-state index < -0.39 is 10.0 Å². The zero-order valence-corrected chi connectivity index (χ0v) is 14.7.